The molecule has 3 heteroatoms. The van der Waals surface area contributed by atoms with Gasteiger partial charge in [-0.3, -0.25) is 0 Å². The number of benzene rings is 1. The number of hydrogen-bond acceptors (Lipinski definition) is 3. The summed E-state index contributed by atoms with van der Waals surface area (Å²) in [7, 11) is 0. The molecule has 2 rings (SSSR count). The van der Waals surface area contributed by atoms with Gasteiger partial charge < -0.3 is 14.6 Å². The molecule has 0 saturated carbocycles. The van der Waals surface area contributed by atoms with E-state index in [-0.39, 0.29) is 6.10 Å². The molecule has 1 N–H and O–H groups in total. The summed E-state index contributed by atoms with van der Waals surface area (Å²) >= 11 is 0. The Bertz CT molecular complexity index is 362. The molecule has 0 fully saturated rings. The molecule has 0 radical (unpaired) electrons. The SMILES string of the molecule is CC(C)CCOC1COc2ccccc2C1O. The highest BCUT2D eigenvalue weighted by atomic mass is 16.5. The quantitative estimate of drug-likeness (QED) is 0.873. The molecule has 1 aliphatic rings. The van der Waals surface area contributed by atoms with Crippen LogP contribution in [0, 0.1) is 5.92 Å². The van der Waals surface area contributed by atoms with E-state index in [9.17, 15) is 5.11 Å². The van der Waals surface area contributed by atoms with Crippen LogP contribution >= 0.6 is 0 Å². The van der Waals surface area contributed by atoms with Crippen molar-refractivity contribution in [1.82, 2.24) is 0 Å². The summed E-state index contributed by atoms with van der Waals surface area (Å²) in [6, 6.07) is 7.58. The molecule has 1 aromatic carbocycles. The van der Waals surface area contributed by atoms with Gasteiger partial charge in [-0.2, -0.15) is 0 Å². The Morgan fingerprint density at radius 3 is 2.94 bits per heavy atom. The Labute approximate surface area is 102 Å². The number of rotatable bonds is 4. The second-order valence-electron chi connectivity index (χ2n) is 4.89. The van der Waals surface area contributed by atoms with Gasteiger partial charge in [-0.15, -0.1) is 0 Å². The number of ether oxygens (including phenoxy) is 2. The first-order valence-electron chi connectivity index (χ1n) is 6.20. The third kappa shape index (κ3) is 2.99. The van der Waals surface area contributed by atoms with E-state index in [2.05, 4.69) is 13.8 Å². The lowest BCUT2D eigenvalue weighted by Crippen LogP contribution is -2.33. The standard InChI is InChI=1S/C14H20O3/c1-10(2)7-8-16-13-9-17-12-6-4-3-5-11(12)14(13)15/h3-6,10,13-15H,7-9H2,1-2H3. The summed E-state index contributed by atoms with van der Waals surface area (Å²) in [5, 5.41) is 10.2. The van der Waals surface area contributed by atoms with Crippen molar-refractivity contribution in [2.45, 2.75) is 32.5 Å². The van der Waals surface area contributed by atoms with Gasteiger partial charge in [-0.25, -0.2) is 0 Å². The average molecular weight is 236 g/mol. The minimum Gasteiger partial charge on any atom is -0.490 e. The van der Waals surface area contributed by atoms with Crippen LogP contribution in [-0.4, -0.2) is 24.4 Å². The lowest BCUT2D eigenvalue weighted by Gasteiger charge is -2.30. The van der Waals surface area contributed by atoms with E-state index < -0.39 is 6.10 Å². The number of fused-ring (bicyclic) bond motifs is 1. The van der Waals surface area contributed by atoms with Gasteiger partial charge in [0.15, 0.2) is 0 Å². The van der Waals surface area contributed by atoms with Gasteiger partial charge in [0.1, 0.15) is 24.6 Å². The summed E-state index contributed by atoms with van der Waals surface area (Å²) in [5.74, 6) is 1.38. The van der Waals surface area contributed by atoms with Crippen molar-refractivity contribution in [2.75, 3.05) is 13.2 Å². The number of aliphatic hydroxyl groups excluding tert-OH is 1. The molecule has 0 bridgehead atoms. The molecule has 0 aliphatic carbocycles. The van der Waals surface area contributed by atoms with Gasteiger partial charge in [0.2, 0.25) is 0 Å². The van der Waals surface area contributed by atoms with Crippen LogP contribution in [0.1, 0.15) is 31.9 Å². The first-order valence-corrected chi connectivity index (χ1v) is 6.20. The lowest BCUT2D eigenvalue weighted by atomic mass is 10.0. The van der Waals surface area contributed by atoms with E-state index in [1.807, 2.05) is 24.3 Å². The maximum Gasteiger partial charge on any atom is 0.125 e. The summed E-state index contributed by atoms with van der Waals surface area (Å²) in [4.78, 5) is 0. The first kappa shape index (κ1) is 12.4. The Morgan fingerprint density at radius 2 is 2.18 bits per heavy atom. The minimum absolute atomic E-state index is 0.247. The molecule has 3 nitrogen and oxygen atoms in total. The number of aliphatic hydroxyl groups is 1. The van der Waals surface area contributed by atoms with Crippen molar-refractivity contribution < 1.29 is 14.6 Å². The van der Waals surface area contributed by atoms with Gasteiger partial charge in [0, 0.05) is 12.2 Å². The topological polar surface area (TPSA) is 38.7 Å². The molecule has 94 valence electrons. The Kier molecular flexibility index (Phi) is 4.02. The van der Waals surface area contributed by atoms with E-state index >= 15 is 0 Å². The predicted molar refractivity (Wildman–Crippen MR) is 66.1 cm³/mol. The molecule has 1 heterocycles. The molecular weight excluding hydrogens is 216 g/mol. The molecule has 0 aromatic heterocycles. The summed E-state index contributed by atoms with van der Waals surface area (Å²) in [6.45, 7) is 5.42. The zero-order valence-electron chi connectivity index (χ0n) is 10.4. The van der Waals surface area contributed by atoms with Crippen LogP contribution in [0.4, 0.5) is 0 Å². The van der Waals surface area contributed by atoms with Crippen molar-refractivity contribution in [3.63, 3.8) is 0 Å². The van der Waals surface area contributed by atoms with Crippen LogP contribution < -0.4 is 4.74 Å². The molecule has 0 amide bonds. The Morgan fingerprint density at radius 1 is 1.41 bits per heavy atom. The fourth-order valence-electron chi connectivity index (χ4n) is 1.91. The Hall–Kier alpha value is -1.06. The van der Waals surface area contributed by atoms with Crippen molar-refractivity contribution in [3.05, 3.63) is 29.8 Å². The Balaban J connectivity index is 1.95. The second kappa shape index (κ2) is 5.52. The summed E-state index contributed by atoms with van der Waals surface area (Å²) < 4.78 is 11.3. The van der Waals surface area contributed by atoms with Crippen LogP contribution in [0.3, 0.4) is 0 Å². The van der Waals surface area contributed by atoms with Crippen molar-refractivity contribution >= 4 is 0 Å². The maximum absolute atomic E-state index is 10.2. The third-order valence-electron chi connectivity index (χ3n) is 3.02. The van der Waals surface area contributed by atoms with Crippen LogP contribution in [0.2, 0.25) is 0 Å². The molecule has 2 unspecified atom stereocenters. The number of hydrogen-bond donors (Lipinski definition) is 1. The lowest BCUT2D eigenvalue weighted by molar-refractivity contribution is -0.0743. The van der Waals surface area contributed by atoms with Gasteiger partial charge >= 0.3 is 0 Å². The monoisotopic (exact) mass is 236 g/mol. The molecule has 1 aliphatic heterocycles. The molecule has 0 spiro atoms. The van der Waals surface area contributed by atoms with E-state index in [0.717, 1.165) is 17.7 Å². The molecule has 0 saturated heterocycles. The van der Waals surface area contributed by atoms with E-state index in [1.165, 1.54) is 0 Å². The third-order valence-corrected chi connectivity index (χ3v) is 3.02. The highest BCUT2D eigenvalue weighted by Crippen LogP contribution is 2.33. The van der Waals surface area contributed by atoms with Crippen molar-refractivity contribution in [2.24, 2.45) is 5.92 Å². The van der Waals surface area contributed by atoms with Crippen molar-refractivity contribution in [3.8, 4) is 5.75 Å². The van der Waals surface area contributed by atoms with Crippen LogP contribution in [0.5, 0.6) is 5.75 Å². The highest BCUT2D eigenvalue weighted by Gasteiger charge is 2.29. The fourth-order valence-corrected chi connectivity index (χ4v) is 1.91. The zero-order chi connectivity index (χ0) is 12.3. The fraction of sp³-hybridized carbons (Fsp3) is 0.571. The number of para-hydroxylation sites is 1. The van der Waals surface area contributed by atoms with Gasteiger partial charge in [0.05, 0.1) is 0 Å². The van der Waals surface area contributed by atoms with E-state index in [1.54, 1.807) is 0 Å². The van der Waals surface area contributed by atoms with E-state index in [0.29, 0.717) is 19.1 Å². The largest absolute Gasteiger partial charge is 0.490 e. The predicted octanol–water partition coefficient (Wildman–Crippen LogP) is 2.54. The normalized spacial score (nSPS) is 23.3. The first-order chi connectivity index (χ1) is 8.18. The van der Waals surface area contributed by atoms with Crippen LogP contribution in [-0.2, 0) is 4.74 Å². The maximum atomic E-state index is 10.2. The second-order valence-corrected chi connectivity index (χ2v) is 4.89. The summed E-state index contributed by atoms with van der Waals surface area (Å²) in [6.07, 6.45) is 0.181. The van der Waals surface area contributed by atoms with Crippen LogP contribution in [0.25, 0.3) is 0 Å². The molecule has 2 atom stereocenters. The highest BCUT2D eigenvalue weighted by molar-refractivity contribution is 5.37. The smallest absolute Gasteiger partial charge is 0.125 e. The van der Waals surface area contributed by atoms with Crippen molar-refractivity contribution in [1.29, 1.82) is 0 Å². The van der Waals surface area contributed by atoms with Gasteiger partial charge in [-0.1, -0.05) is 32.0 Å². The van der Waals surface area contributed by atoms with Gasteiger partial charge in [0.25, 0.3) is 0 Å². The zero-order valence-corrected chi connectivity index (χ0v) is 10.4. The molecular formula is C14H20O3. The van der Waals surface area contributed by atoms with Crippen LogP contribution in [0.15, 0.2) is 24.3 Å². The molecule has 17 heavy (non-hydrogen) atoms. The van der Waals surface area contributed by atoms with E-state index in [4.69, 9.17) is 9.47 Å². The minimum atomic E-state index is -0.577. The average Bonchev–Trinajstić information content (AvgIpc) is 2.32. The van der Waals surface area contributed by atoms with Gasteiger partial charge in [-0.05, 0) is 18.4 Å². The molecule has 1 aromatic rings. The summed E-state index contributed by atoms with van der Waals surface area (Å²) in [5.41, 5.74) is 0.827.